The van der Waals surface area contributed by atoms with Crippen molar-refractivity contribution in [1.82, 2.24) is 4.90 Å². The summed E-state index contributed by atoms with van der Waals surface area (Å²) in [6.07, 6.45) is 3.20. The predicted octanol–water partition coefficient (Wildman–Crippen LogP) is 1.68. The smallest absolute Gasteiger partial charge is 0.165 e. The van der Waals surface area contributed by atoms with Gasteiger partial charge in [-0.15, -0.1) is 0 Å². The lowest BCUT2D eigenvalue weighted by Crippen LogP contribution is -2.73. The van der Waals surface area contributed by atoms with Crippen LogP contribution in [0.4, 0.5) is 0 Å². The number of aldehydes is 1. The molecule has 3 aliphatic rings. The Bertz CT molecular complexity index is 690. The van der Waals surface area contributed by atoms with Gasteiger partial charge in [0.25, 0.3) is 0 Å². The molecular formula is C19H25NO4. The molecule has 1 saturated heterocycles. The zero-order valence-corrected chi connectivity index (χ0v) is 14.5. The Morgan fingerprint density at radius 3 is 3.00 bits per heavy atom. The number of hydrogen-bond acceptors (Lipinski definition) is 5. The van der Waals surface area contributed by atoms with Crippen LogP contribution in [0.1, 0.15) is 37.3 Å². The van der Waals surface area contributed by atoms with E-state index >= 15 is 0 Å². The first-order valence-electron chi connectivity index (χ1n) is 8.73. The molecule has 1 aliphatic carbocycles. The van der Waals surface area contributed by atoms with Gasteiger partial charge in [-0.05, 0) is 51.4 Å². The summed E-state index contributed by atoms with van der Waals surface area (Å²) >= 11 is 0. The van der Waals surface area contributed by atoms with Crippen molar-refractivity contribution < 1.29 is 19.4 Å². The van der Waals surface area contributed by atoms with Crippen molar-refractivity contribution in [2.24, 2.45) is 0 Å². The summed E-state index contributed by atoms with van der Waals surface area (Å²) in [4.78, 5) is 13.3. The minimum Gasteiger partial charge on any atom is -0.493 e. The van der Waals surface area contributed by atoms with Gasteiger partial charge in [0.05, 0.1) is 18.1 Å². The molecule has 0 amide bonds. The zero-order valence-electron chi connectivity index (χ0n) is 14.5. The minimum absolute atomic E-state index is 0.00379. The average Bonchev–Trinajstić information content (AvgIpc) is 2.87. The Morgan fingerprint density at radius 2 is 2.29 bits per heavy atom. The molecule has 2 bridgehead atoms. The lowest BCUT2D eigenvalue weighted by Gasteiger charge is -2.60. The molecule has 5 heteroatoms. The SMILES string of the molecule is COc1ccc2c3c1OC(C)[C@]31CCN(C)C(C2)C1(O)CCC=O. The highest BCUT2D eigenvalue weighted by atomic mass is 16.5. The van der Waals surface area contributed by atoms with Crippen LogP contribution >= 0.6 is 0 Å². The fraction of sp³-hybridized carbons (Fsp3) is 0.632. The second-order valence-corrected chi connectivity index (χ2v) is 7.44. The molecule has 2 heterocycles. The van der Waals surface area contributed by atoms with Gasteiger partial charge in [0, 0.05) is 18.0 Å². The van der Waals surface area contributed by atoms with Crippen LogP contribution in [0.5, 0.6) is 11.5 Å². The molecule has 130 valence electrons. The van der Waals surface area contributed by atoms with E-state index < -0.39 is 11.0 Å². The van der Waals surface area contributed by atoms with Crippen LogP contribution in [0.25, 0.3) is 0 Å². The van der Waals surface area contributed by atoms with Crippen molar-refractivity contribution >= 4 is 6.29 Å². The Labute approximate surface area is 142 Å². The van der Waals surface area contributed by atoms with Gasteiger partial charge < -0.3 is 24.3 Å². The number of piperidine rings is 1. The van der Waals surface area contributed by atoms with E-state index in [4.69, 9.17) is 9.47 Å². The highest BCUT2D eigenvalue weighted by Gasteiger charge is 2.68. The number of likely N-dealkylation sites (tertiary alicyclic amines) is 1. The molecule has 1 fully saturated rings. The van der Waals surface area contributed by atoms with Crippen LogP contribution in [0.15, 0.2) is 12.1 Å². The maximum absolute atomic E-state index is 11.9. The van der Waals surface area contributed by atoms with Gasteiger partial charge in [-0.3, -0.25) is 0 Å². The van der Waals surface area contributed by atoms with Gasteiger partial charge in [0.15, 0.2) is 11.5 Å². The second kappa shape index (κ2) is 5.20. The Balaban J connectivity index is 1.97. The molecule has 1 N–H and O–H groups in total. The summed E-state index contributed by atoms with van der Waals surface area (Å²) in [5, 5.41) is 11.9. The minimum atomic E-state index is -0.967. The summed E-state index contributed by atoms with van der Waals surface area (Å²) in [7, 11) is 3.72. The summed E-state index contributed by atoms with van der Waals surface area (Å²) in [6, 6.07) is 4.08. The number of carbonyl (C=O) groups is 1. The van der Waals surface area contributed by atoms with Crippen molar-refractivity contribution in [3.05, 3.63) is 23.3 Å². The molecule has 0 aromatic heterocycles. The van der Waals surface area contributed by atoms with Crippen molar-refractivity contribution in [2.75, 3.05) is 20.7 Å². The van der Waals surface area contributed by atoms with Gasteiger partial charge >= 0.3 is 0 Å². The summed E-state index contributed by atoms with van der Waals surface area (Å²) in [6.45, 7) is 2.96. The van der Waals surface area contributed by atoms with E-state index in [1.54, 1.807) is 7.11 Å². The highest BCUT2D eigenvalue weighted by molar-refractivity contribution is 5.62. The predicted molar refractivity (Wildman–Crippen MR) is 89.7 cm³/mol. The van der Waals surface area contributed by atoms with E-state index in [1.807, 2.05) is 13.0 Å². The van der Waals surface area contributed by atoms with Gasteiger partial charge in [-0.25, -0.2) is 0 Å². The van der Waals surface area contributed by atoms with Crippen LogP contribution in [0, 0.1) is 0 Å². The maximum Gasteiger partial charge on any atom is 0.165 e. The van der Waals surface area contributed by atoms with Crippen LogP contribution in [-0.2, 0) is 16.6 Å². The molecule has 1 aromatic carbocycles. The number of carbonyl (C=O) groups excluding carboxylic acids is 1. The largest absolute Gasteiger partial charge is 0.493 e. The van der Waals surface area contributed by atoms with Crippen LogP contribution in [-0.4, -0.2) is 54.7 Å². The number of hydrogen-bond donors (Lipinski definition) is 1. The molecule has 2 aliphatic heterocycles. The Morgan fingerprint density at radius 1 is 1.50 bits per heavy atom. The van der Waals surface area contributed by atoms with E-state index in [1.165, 1.54) is 5.56 Å². The second-order valence-electron chi connectivity index (χ2n) is 7.44. The van der Waals surface area contributed by atoms with Crippen LogP contribution in [0.3, 0.4) is 0 Å². The van der Waals surface area contributed by atoms with Crippen molar-refractivity contribution in [2.45, 2.75) is 55.8 Å². The molecular weight excluding hydrogens is 306 g/mol. The monoisotopic (exact) mass is 331 g/mol. The Hall–Kier alpha value is -1.59. The lowest BCUT2D eigenvalue weighted by atomic mass is 9.52. The number of fused-ring (bicyclic) bond motifs is 1. The van der Waals surface area contributed by atoms with Gasteiger partial charge in [-0.2, -0.15) is 0 Å². The summed E-state index contributed by atoms with van der Waals surface area (Å²) < 4.78 is 11.8. The third kappa shape index (κ3) is 1.69. The number of likely N-dealkylation sites (N-methyl/N-ethyl adjacent to an activating group) is 1. The van der Waals surface area contributed by atoms with Crippen molar-refractivity contribution in [3.63, 3.8) is 0 Å². The van der Waals surface area contributed by atoms with E-state index in [9.17, 15) is 9.90 Å². The molecule has 1 spiro atoms. The first-order valence-corrected chi connectivity index (χ1v) is 8.73. The van der Waals surface area contributed by atoms with Crippen molar-refractivity contribution in [3.8, 4) is 11.5 Å². The van der Waals surface area contributed by atoms with Gasteiger partial charge in [0.2, 0.25) is 0 Å². The number of rotatable bonds is 4. The number of methoxy groups -OCH3 is 1. The topological polar surface area (TPSA) is 59.0 Å². The molecule has 3 unspecified atom stereocenters. The quantitative estimate of drug-likeness (QED) is 0.851. The van der Waals surface area contributed by atoms with E-state index in [2.05, 4.69) is 18.0 Å². The maximum atomic E-state index is 11.9. The van der Waals surface area contributed by atoms with Crippen LogP contribution < -0.4 is 9.47 Å². The molecule has 1 aromatic rings. The van der Waals surface area contributed by atoms with Gasteiger partial charge in [-0.1, -0.05) is 6.07 Å². The third-order valence-corrected chi connectivity index (χ3v) is 6.63. The summed E-state index contributed by atoms with van der Waals surface area (Å²) in [5.74, 6) is 1.52. The lowest BCUT2D eigenvalue weighted by molar-refractivity contribution is -0.162. The average molecular weight is 331 g/mol. The first kappa shape index (κ1) is 15.9. The Kier molecular flexibility index (Phi) is 3.45. The zero-order chi connectivity index (χ0) is 17.1. The molecule has 0 radical (unpaired) electrons. The third-order valence-electron chi connectivity index (χ3n) is 6.63. The van der Waals surface area contributed by atoms with Crippen molar-refractivity contribution in [1.29, 1.82) is 0 Å². The number of ether oxygens (including phenoxy) is 2. The fourth-order valence-corrected chi connectivity index (χ4v) is 5.51. The highest BCUT2D eigenvalue weighted by Crippen LogP contribution is 2.62. The molecule has 24 heavy (non-hydrogen) atoms. The molecule has 5 nitrogen and oxygen atoms in total. The first-order chi connectivity index (χ1) is 11.5. The van der Waals surface area contributed by atoms with Gasteiger partial charge in [0.1, 0.15) is 12.4 Å². The fourth-order valence-electron chi connectivity index (χ4n) is 5.51. The van der Waals surface area contributed by atoms with E-state index in [0.29, 0.717) is 12.8 Å². The molecule has 0 saturated carbocycles. The normalized spacial score (nSPS) is 36.8. The number of benzene rings is 1. The molecule has 4 atom stereocenters. The van der Waals surface area contributed by atoms with Crippen LogP contribution in [0.2, 0.25) is 0 Å². The standard InChI is InChI=1S/C19H25NO4/c1-12-18-8-9-20(2)15(19(18,22)7-4-10-21)11-13-5-6-14(23-3)17(24-12)16(13)18/h5-6,10,12,15,22H,4,7-9,11H2,1-3H3/t12?,15?,18-,19?/m1/s1. The number of nitrogens with zero attached hydrogens (tertiary/aromatic N) is 1. The molecule has 4 rings (SSSR count). The summed E-state index contributed by atoms with van der Waals surface area (Å²) in [5.41, 5.74) is 0.921. The van der Waals surface area contributed by atoms with E-state index in [-0.39, 0.29) is 12.1 Å². The van der Waals surface area contributed by atoms with E-state index in [0.717, 1.165) is 42.7 Å². The number of aliphatic hydroxyl groups is 1.